The Kier molecular flexibility index (Phi) is 6.07. The maximum absolute atomic E-state index is 12.3. The van der Waals surface area contributed by atoms with E-state index in [4.69, 9.17) is 55.6 Å². The fourth-order valence-electron chi connectivity index (χ4n) is 2.18. The number of benzene rings is 2. The molecule has 1 amide bonds. The summed E-state index contributed by atoms with van der Waals surface area (Å²) in [5.74, 6) is -0.0101. The van der Waals surface area contributed by atoms with Gasteiger partial charge >= 0.3 is 0 Å². The SMILES string of the molecule is O=C(Nc1cc(Cl)ccc1O)c1ccc(COc2c(Cl)cc(Cl)cc2Cl)o1. The highest BCUT2D eigenvalue weighted by Gasteiger charge is 2.15. The van der Waals surface area contributed by atoms with Gasteiger partial charge < -0.3 is 19.6 Å². The summed E-state index contributed by atoms with van der Waals surface area (Å²) in [7, 11) is 0. The molecular weight excluding hydrogens is 436 g/mol. The zero-order chi connectivity index (χ0) is 19.6. The minimum atomic E-state index is -0.554. The Morgan fingerprint density at radius 3 is 2.41 bits per heavy atom. The first kappa shape index (κ1) is 19.7. The van der Waals surface area contributed by atoms with Gasteiger partial charge in [-0.1, -0.05) is 46.4 Å². The summed E-state index contributed by atoms with van der Waals surface area (Å²) in [6.45, 7) is -0.00321. The highest BCUT2D eigenvalue weighted by molar-refractivity contribution is 6.40. The van der Waals surface area contributed by atoms with Crippen LogP contribution in [-0.2, 0) is 6.61 Å². The number of ether oxygens (including phenoxy) is 1. The van der Waals surface area contributed by atoms with Crippen molar-refractivity contribution in [1.82, 2.24) is 0 Å². The minimum absolute atomic E-state index is 0.00321. The zero-order valence-corrected chi connectivity index (χ0v) is 16.5. The standard InChI is InChI=1S/C18H11Cl4NO4/c19-9-1-3-15(24)14(7-9)23-18(25)16-4-2-11(27-16)8-26-17-12(21)5-10(20)6-13(17)22/h1-7,24H,8H2,(H,23,25). The summed E-state index contributed by atoms with van der Waals surface area (Å²) >= 11 is 23.8. The first-order chi connectivity index (χ1) is 12.8. The zero-order valence-electron chi connectivity index (χ0n) is 13.4. The van der Waals surface area contributed by atoms with Gasteiger partial charge in [-0.2, -0.15) is 0 Å². The van der Waals surface area contributed by atoms with Crippen LogP contribution < -0.4 is 10.1 Å². The minimum Gasteiger partial charge on any atom is -0.506 e. The fraction of sp³-hybridized carbons (Fsp3) is 0.0556. The number of nitrogens with one attached hydrogen (secondary N) is 1. The molecule has 2 aromatic carbocycles. The Balaban J connectivity index is 1.68. The van der Waals surface area contributed by atoms with Gasteiger partial charge in [0.25, 0.3) is 5.91 Å². The van der Waals surface area contributed by atoms with Crippen molar-refractivity contribution in [2.75, 3.05) is 5.32 Å². The number of rotatable bonds is 5. The first-order valence-corrected chi connectivity index (χ1v) is 9.00. The van der Waals surface area contributed by atoms with Crippen molar-refractivity contribution in [3.8, 4) is 11.5 Å². The lowest BCUT2D eigenvalue weighted by molar-refractivity contribution is 0.0992. The monoisotopic (exact) mass is 445 g/mol. The molecule has 3 aromatic rings. The summed E-state index contributed by atoms with van der Waals surface area (Å²) in [6, 6.07) is 10.4. The van der Waals surface area contributed by atoms with E-state index in [9.17, 15) is 9.90 Å². The van der Waals surface area contributed by atoms with E-state index >= 15 is 0 Å². The molecule has 1 aromatic heterocycles. The van der Waals surface area contributed by atoms with Crippen LogP contribution in [-0.4, -0.2) is 11.0 Å². The Morgan fingerprint density at radius 1 is 1.00 bits per heavy atom. The summed E-state index contributed by atoms with van der Waals surface area (Å²) in [5, 5.41) is 13.5. The van der Waals surface area contributed by atoms with E-state index in [2.05, 4.69) is 5.32 Å². The maximum atomic E-state index is 12.3. The van der Waals surface area contributed by atoms with Crippen LogP contribution in [0.3, 0.4) is 0 Å². The number of amides is 1. The molecule has 140 valence electrons. The van der Waals surface area contributed by atoms with Gasteiger partial charge in [-0.15, -0.1) is 0 Å². The van der Waals surface area contributed by atoms with Gasteiger partial charge in [-0.3, -0.25) is 4.79 Å². The number of phenols is 1. The second kappa shape index (κ2) is 8.31. The Morgan fingerprint density at radius 2 is 1.70 bits per heavy atom. The highest BCUT2D eigenvalue weighted by Crippen LogP contribution is 2.36. The smallest absolute Gasteiger partial charge is 0.291 e. The third-order valence-corrected chi connectivity index (χ3v) is 4.43. The van der Waals surface area contributed by atoms with E-state index in [0.29, 0.717) is 15.8 Å². The van der Waals surface area contributed by atoms with E-state index in [1.54, 1.807) is 6.07 Å². The highest BCUT2D eigenvalue weighted by atomic mass is 35.5. The van der Waals surface area contributed by atoms with Crippen LogP contribution in [0.5, 0.6) is 11.5 Å². The van der Waals surface area contributed by atoms with Crippen molar-refractivity contribution in [1.29, 1.82) is 0 Å². The van der Waals surface area contributed by atoms with Crippen molar-refractivity contribution in [2.45, 2.75) is 6.61 Å². The number of anilines is 1. The van der Waals surface area contributed by atoms with Crippen LogP contribution in [0.25, 0.3) is 0 Å². The molecule has 0 aliphatic carbocycles. The molecule has 0 saturated heterocycles. The molecule has 2 N–H and O–H groups in total. The third kappa shape index (κ3) is 4.82. The molecule has 0 spiro atoms. The molecular formula is C18H11Cl4NO4. The van der Waals surface area contributed by atoms with Gasteiger partial charge in [0.05, 0.1) is 15.7 Å². The van der Waals surface area contributed by atoms with Crippen LogP contribution >= 0.6 is 46.4 Å². The van der Waals surface area contributed by atoms with Crippen LogP contribution in [0.15, 0.2) is 46.9 Å². The molecule has 0 radical (unpaired) electrons. The van der Waals surface area contributed by atoms with E-state index in [1.165, 1.54) is 36.4 Å². The van der Waals surface area contributed by atoms with Crippen molar-refractivity contribution in [3.05, 3.63) is 74.1 Å². The van der Waals surface area contributed by atoms with Gasteiger partial charge in [0.15, 0.2) is 11.5 Å². The van der Waals surface area contributed by atoms with Crippen molar-refractivity contribution in [2.24, 2.45) is 0 Å². The number of halogens is 4. The second-order valence-electron chi connectivity index (χ2n) is 5.37. The summed E-state index contributed by atoms with van der Waals surface area (Å²) < 4.78 is 11.0. The van der Waals surface area contributed by atoms with E-state index in [1.807, 2.05) is 0 Å². The van der Waals surface area contributed by atoms with Crippen LogP contribution in [0.4, 0.5) is 5.69 Å². The molecule has 3 rings (SSSR count). The molecule has 9 heteroatoms. The quantitative estimate of drug-likeness (QED) is 0.443. The lowest BCUT2D eigenvalue weighted by Gasteiger charge is -2.09. The lowest BCUT2D eigenvalue weighted by atomic mass is 10.3. The van der Waals surface area contributed by atoms with E-state index in [-0.39, 0.29) is 39.6 Å². The largest absolute Gasteiger partial charge is 0.506 e. The van der Waals surface area contributed by atoms with E-state index < -0.39 is 5.91 Å². The summed E-state index contributed by atoms with van der Waals surface area (Å²) in [6.07, 6.45) is 0. The second-order valence-corrected chi connectivity index (χ2v) is 7.06. The average molecular weight is 447 g/mol. The topological polar surface area (TPSA) is 71.7 Å². The molecule has 0 atom stereocenters. The predicted octanol–water partition coefficient (Wildman–Crippen LogP) is 6.43. The molecule has 5 nitrogen and oxygen atoms in total. The Labute approximate surface area is 174 Å². The number of phenolic OH excluding ortho intramolecular Hbond substituents is 1. The van der Waals surface area contributed by atoms with Gasteiger partial charge in [0, 0.05) is 10.0 Å². The summed E-state index contributed by atoms with van der Waals surface area (Å²) in [4.78, 5) is 12.3. The number of furan rings is 1. The molecule has 0 aliphatic heterocycles. The molecule has 0 bridgehead atoms. The number of aromatic hydroxyl groups is 1. The molecule has 1 heterocycles. The van der Waals surface area contributed by atoms with Crippen molar-refractivity contribution in [3.63, 3.8) is 0 Å². The van der Waals surface area contributed by atoms with Crippen LogP contribution in [0.1, 0.15) is 16.3 Å². The predicted molar refractivity (Wildman–Crippen MR) is 106 cm³/mol. The molecule has 27 heavy (non-hydrogen) atoms. The Hall–Kier alpha value is -2.05. The summed E-state index contributed by atoms with van der Waals surface area (Å²) in [5.41, 5.74) is 0.168. The molecule has 0 saturated carbocycles. The first-order valence-electron chi connectivity index (χ1n) is 7.49. The molecule has 0 fully saturated rings. The molecule has 0 aliphatic rings. The average Bonchev–Trinajstić information content (AvgIpc) is 3.06. The van der Waals surface area contributed by atoms with Gasteiger partial charge in [-0.25, -0.2) is 0 Å². The molecule has 0 unspecified atom stereocenters. The number of hydrogen-bond acceptors (Lipinski definition) is 4. The van der Waals surface area contributed by atoms with Crippen molar-refractivity contribution >= 4 is 58.0 Å². The van der Waals surface area contributed by atoms with Crippen LogP contribution in [0.2, 0.25) is 20.1 Å². The van der Waals surface area contributed by atoms with Crippen LogP contribution in [0, 0.1) is 0 Å². The number of hydrogen-bond donors (Lipinski definition) is 2. The fourth-order valence-corrected chi connectivity index (χ4v) is 3.28. The van der Waals surface area contributed by atoms with Crippen molar-refractivity contribution < 1.29 is 19.1 Å². The van der Waals surface area contributed by atoms with Gasteiger partial charge in [0.2, 0.25) is 0 Å². The Bertz CT molecular complexity index is 980. The normalized spacial score (nSPS) is 10.7. The maximum Gasteiger partial charge on any atom is 0.291 e. The number of carbonyl (C=O) groups excluding carboxylic acids is 1. The van der Waals surface area contributed by atoms with E-state index in [0.717, 1.165) is 0 Å². The number of carbonyl (C=O) groups is 1. The van der Waals surface area contributed by atoms with Gasteiger partial charge in [-0.05, 0) is 42.5 Å². The lowest BCUT2D eigenvalue weighted by Crippen LogP contribution is -2.11. The van der Waals surface area contributed by atoms with Gasteiger partial charge in [0.1, 0.15) is 18.1 Å². The third-order valence-electron chi connectivity index (χ3n) is 3.41.